The number of carbonyl (C=O) groups is 1. The Hall–Kier alpha value is -1.37. The van der Waals surface area contributed by atoms with Crippen LogP contribution in [0.15, 0.2) is 47.6 Å². The summed E-state index contributed by atoms with van der Waals surface area (Å²) in [5.41, 5.74) is 2.17. The second-order valence-corrected chi connectivity index (χ2v) is 3.13. The van der Waals surface area contributed by atoms with Gasteiger partial charge in [0.05, 0.1) is 0 Å². The van der Waals surface area contributed by atoms with Crippen molar-refractivity contribution in [3.05, 3.63) is 47.6 Å². The second-order valence-electron chi connectivity index (χ2n) is 3.13. The molecule has 0 radical (unpaired) electrons. The largest absolute Gasteiger partial charge is 0.299 e. The van der Waals surface area contributed by atoms with Crippen LogP contribution in [0, 0.1) is 0 Å². The van der Waals surface area contributed by atoms with Gasteiger partial charge in [0, 0.05) is 0 Å². The van der Waals surface area contributed by atoms with Crippen LogP contribution in [-0.4, -0.2) is 6.29 Å². The summed E-state index contributed by atoms with van der Waals surface area (Å²) in [4.78, 5) is 10.1. The van der Waals surface area contributed by atoms with Crippen LogP contribution in [0.2, 0.25) is 0 Å². The molecule has 0 spiro atoms. The SMILES string of the molecule is CCC=CC(C)=CC=CC(C)=CC=O. The lowest BCUT2D eigenvalue weighted by Gasteiger charge is -1.88. The van der Waals surface area contributed by atoms with E-state index in [1.54, 1.807) is 6.08 Å². The van der Waals surface area contributed by atoms with Gasteiger partial charge in [-0.05, 0) is 31.9 Å². The zero-order chi connectivity index (χ0) is 10.8. The first-order valence-corrected chi connectivity index (χ1v) is 4.84. The minimum atomic E-state index is 0.799. The van der Waals surface area contributed by atoms with E-state index in [9.17, 15) is 4.79 Å². The van der Waals surface area contributed by atoms with Gasteiger partial charge in [0.25, 0.3) is 0 Å². The molecule has 0 bridgehead atoms. The molecule has 1 nitrogen and oxygen atoms in total. The van der Waals surface area contributed by atoms with Crippen LogP contribution in [0.4, 0.5) is 0 Å². The Morgan fingerprint density at radius 3 is 2.29 bits per heavy atom. The fraction of sp³-hybridized carbons (Fsp3) is 0.308. The van der Waals surface area contributed by atoms with E-state index in [0.717, 1.165) is 18.3 Å². The fourth-order valence-corrected chi connectivity index (χ4v) is 0.874. The van der Waals surface area contributed by atoms with Crippen LogP contribution in [0.3, 0.4) is 0 Å². The van der Waals surface area contributed by atoms with Crippen molar-refractivity contribution in [1.82, 2.24) is 0 Å². The summed E-state index contributed by atoms with van der Waals surface area (Å²) in [7, 11) is 0. The molecule has 1 heteroatoms. The van der Waals surface area contributed by atoms with Crippen molar-refractivity contribution in [2.45, 2.75) is 27.2 Å². The number of allylic oxidation sites excluding steroid dienone is 8. The topological polar surface area (TPSA) is 17.1 Å². The number of rotatable bonds is 5. The van der Waals surface area contributed by atoms with Crippen molar-refractivity contribution < 1.29 is 4.79 Å². The van der Waals surface area contributed by atoms with Crippen molar-refractivity contribution in [2.75, 3.05) is 0 Å². The molecule has 0 aromatic rings. The Morgan fingerprint density at radius 1 is 1.07 bits per heavy atom. The third kappa shape index (κ3) is 7.29. The van der Waals surface area contributed by atoms with E-state index in [-0.39, 0.29) is 0 Å². The summed E-state index contributed by atoms with van der Waals surface area (Å²) < 4.78 is 0. The summed E-state index contributed by atoms with van der Waals surface area (Å²) >= 11 is 0. The number of carbonyl (C=O) groups excluding carboxylic acids is 1. The first-order chi connectivity index (χ1) is 6.70. The van der Waals surface area contributed by atoms with E-state index in [1.807, 2.05) is 25.2 Å². The summed E-state index contributed by atoms with van der Waals surface area (Å²) in [6.45, 7) is 6.06. The lowest BCUT2D eigenvalue weighted by molar-refractivity contribution is -0.104. The van der Waals surface area contributed by atoms with E-state index >= 15 is 0 Å². The minimum Gasteiger partial charge on any atom is -0.299 e. The van der Waals surface area contributed by atoms with Gasteiger partial charge in [-0.3, -0.25) is 4.79 Å². The van der Waals surface area contributed by atoms with Crippen molar-refractivity contribution in [1.29, 1.82) is 0 Å². The van der Waals surface area contributed by atoms with Gasteiger partial charge in [-0.2, -0.15) is 0 Å². The second kappa shape index (κ2) is 8.24. The molecule has 0 saturated heterocycles. The van der Waals surface area contributed by atoms with Gasteiger partial charge in [0.15, 0.2) is 0 Å². The summed E-state index contributed by atoms with van der Waals surface area (Å²) in [5.74, 6) is 0. The monoisotopic (exact) mass is 190 g/mol. The standard InChI is InChI=1S/C13H18O/c1-4-5-7-12(2)8-6-9-13(3)10-11-14/h5-11H,4H2,1-3H3. The van der Waals surface area contributed by atoms with Crippen LogP contribution < -0.4 is 0 Å². The smallest absolute Gasteiger partial charge is 0.143 e. The number of hydrogen-bond donors (Lipinski definition) is 0. The molecule has 0 unspecified atom stereocenters. The van der Waals surface area contributed by atoms with Crippen molar-refractivity contribution in [2.24, 2.45) is 0 Å². The maximum absolute atomic E-state index is 10.1. The molecule has 0 atom stereocenters. The highest BCUT2D eigenvalue weighted by Gasteiger charge is 1.79. The summed E-state index contributed by atoms with van der Waals surface area (Å²) in [6.07, 6.45) is 13.5. The predicted octanol–water partition coefficient (Wildman–Crippen LogP) is 3.60. The minimum absolute atomic E-state index is 0.799. The molecule has 0 fully saturated rings. The molecule has 0 saturated carbocycles. The molecule has 0 aliphatic carbocycles. The van der Waals surface area contributed by atoms with Gasteiger partial charge < -0.3 is 0 Å². The molecule has 0 amide bonds. The Kier molecular flexibility index (Phi) is 7.43. The lowest BCUT2D eigenvalue weighted by atomic mass is 10.2. The normalized spacial score (nSPS) is 14.2. The average Bonchev–Trinajstić information content (AvgIpc) is 2.15. The number of aldehydes is 1. The average molecular weight is 190 g/mol. The molecule has 76 valence electrons. The third-order valence-corrected chi connectivity index (χ3v) is 1.67. The van der Waals surface area contributed by atoms with Gasteiger partial charge in [-0.1, -0.05) is 42.9 Å². The molecule has 0 aliphatic rings. The van der Waals surface area contributed by atoms with Gasteiger partial charge in [0.2, 0.25) is 0 Å². The van der Waals surface area contributed by atoms with E-state index in [1.165, 1.54) is 5.57 Å². The zero-order valence-electron chi connectivity index (χ0n) is 9.16. The van der Waals surface area contributed by atoms with Crippen LogP contribution >= 0.6 is 0 Å². The van der Waals surface area contributed by atoms with Crippen molar-refractivity contribution >= 4 is 6.29 Å². The highest BCUT2D eigenvalue weighted by Crippen LogP contribution is 1.99. The van der Waals surface area contributed by atoms with Gasteiger partial charge in [-0.15, -0.1) is 0 Å². The maximum Gasteiger partial charge on any atom is 0.143 e. The molecule has 0 aliphatic heterocycles. The van der Waals surface area contributed by atoms with E-state index in [0.29, 0.717) is 0 Å². The van der Waals surface area contributed by atoms with E-state index in [4.69, 9.17) is 0 Å². The molecular weight excluding hydrogens is 172 g/mol. The van der Waals surface area contributed by atoms with Crippen LogP contribution in [0.25, 0.3) is 0 Å². The molecule has 0 heterocycles. The van der Waals surface area contributed by atoms with Gasteiger partial charge in [0.1, 0.15) is 6.29 Å². The van der Waals surface area contributed by atoms with Crippen molar-refractivity contribution in [3.8, 4) is 0 Å². The first-order valence-electron chi connectivity index (χ1n) is 4.84. The Morgan fingerprint density at radius 2 is 1.71 bits per heavy atom. The number of hydrogen-bond acceptors (Lipinski definition) is 1. The summed E-state index contributed by atoms with van der Waals surface area (Å²) in [6, 6.07) is 0. The maximum atomic E-state index is 10.1. The van der Waals surface area contributed by atoms with E-state index in [2.05, 4.69) is 26.0 Å². The molecule has 14 heavy (non-hydrogen) atoms. The van der Waals surface area contributed by atoms with E-state index < -0.39 is 0 Å². The molecule has 0 rings (SSSR count). The third-order valence-electron chi connectivity index (χ3n) is 1.67. The van der Waals surface area contributed by atoms with Crippen LogP contribution in [-0.2, 0) is 4.79 Å². The zero-order valence-corrected chi connectivity index (χ0v) is 9.16. The molecular formula is C13H18O. The van der Waals surface area contributed by atoms with Gasteiger partial charge in [-0.25, -0.2) is 0 Å². The van der Waals surface area contributed by atoms with Crippen LogP contribution in [0.5, 0.6) is 0 Å². The fourth-order valence-electron chi connectivity index (χ4n) is 0.874. The first kappa shape index (κ1) is 12.6. The Balaban J connectivity index is 4.20. The van der Waals surface area contributed by atoms with Crippen LogP contribution in [0.1, 0.15) is 27.2 Å². The summed E-state index contributed by atoms with van der Waals surface area (Å²) in [5, 5.41) is 0. The lowest BCUT2D eigenvalue weighted by Crippen LogP contribution is -1.70. The molecule has 0 aromatic heterocycles. The Labute approximate surface area is 86.5 Å². The quantitative estimate of drug-likeness (QED) is 0.368. The predicted molar refractivity (Wildman–Crippen MR) is 62.1 cm³/mol. The highest BCUT2D eigenvalue weighted by atomic mass is 16.1. The Bertz CT molecular complexity index is 278. The van der Waals surface area contributed by atoms with Crippen molar-refractivity contribution in [3.63, 3.8) is 0 Å². The molecule has 0 aromatic carbocycles. The molecule has 0 N–H and O–H groups in total. The van der Waals surface area contributed by atoms with Gasteiger partial charge >= 0.3 is 0 Å². The highest BCUT2D eigenvalue weighted by molar-refractivity contribution is 5.66.